The first-order valence-electron chi connectivity index (χ1n) is 7.63. The van der Waals surface area contributed by atoms with E-state index in [4.69, 9.17) is 4.98 Å². The van der Waals surface area contributed by atoms with Crippen LogP contribution in [0.15, 0.2) is 23.6 Å². The third-order valence-corrected chi connectivity index (χ3v) is 5.02. The van der Waals surface area contributed by atoms with Gasteiger partial charge in [0.25, 0.3) is 0 Å². The van der Waals surface area contributed by atoms with Crippen molar-refractivity contribution in [2.45, 2.75) is 39.3 Å². The van der Waals surface area contributed by atoms with Crippen LogP contribution in [0.1, 0.15) is 41.5 Å². The van der Waals surface area contributed by atoms with E-state index in [9.17, 15) is 0 Å². The van der Waals surface area contributed by atoms with Gasteiger partial charge in [0.2, 0.25) is 0 Å². The van der Waals surface area contributed by atoms with Crippen molar-refractivity contribution in [3.8, 4) is 0 Å². The number of pyridine rings is 1. The third-order valence-electron chi connectivity index (χ3n) is 4.00. The molecule has 0 radical (unpaired) electrons. The summed E-state index contributed by atoms with van der Waals surface area (Å²) in [4.78, 5) is 8.86. The molecule has 0 aliphatic carbocycles. The molecule has 0 saturated carbocycles. The van der Waals surface area contributed by atoms with Gasteiger partial charge in [0.15, 0.2) is 0 Å². The van der Waals surface area contributed by atoms with E-state index < -0.39 is 0 Å². The van der Waals surface area contributed by atoms with Gasteiger partial charge in [0, 0.05) is 30.2 Å². The van der Waals surface area contributed by atoms with Crippen LogP contribution >= 0.6 is 11.3 Å². The van der Waals surface area contributed by atoms with Crippen molar-refractivity contribution in [2.24, 2.45) is 0 Å². The lowest BCUT2D eigenvalue weighted by atomic mass is 10.1. The SMILES string of the molecule is CNCc1cc(C(C)C)nc(N2CCc3sccc3C2)c1. The molecule has 1 N–H and O–H groups in total. The second-order valence-corrected chi connectivity index (χ2v) is 6.98. The summed E-state index contributed by atoms with van der Waals surface area (Å²) in [5.74, 6) is 1.59. The highest BCUT2D eigenvalue weighted by Gasteiger charge is 2.19. The fourth-order valence-electron chi connectivity index (χ4n) is 2.80. The number of thiophene rings is 1. The smallest absolute Gasteiger partial charge is 0.129 e. The third kappa shape index (κ3) is 3.11. The molecule has 4 heteroatoms. The van der Waals surface area contributed by atoms with Crippen molar-refractivity contribution in [3.63, 3.8) is 0 Å². The Morgan fingerprint density at radius 3 is 3.00 bits per heavy atom. The van der Waals surface area contributed by atoms with Gasteiger partial charge in [-0.3, -0.25) is 0 Å². The first kappa shape index (κ1) is 14.5. The molecule has 3 rings (SSSR count). The number of aromatic nitrogens is 1. The van der Waals surface area contributed by atoms with Crippen LogP contribution in [0, 0.1) is 0 Å². The molecule has 21 heavy (non-hydrogen) atoms. The van der Waals surface area contributed by atoms with Gasteiger partial charge in [-0.05, 0) is 54.1 Å². The lowest BCUT2D eigenvalue weighted by Gasteiger charge is -2.29. The minimum atomic E-state index is 0.460. The van der Waals surface area contributed by atoms with Gasteiger partial charge in [-0.15, -0.1) is 11.3 Å². The Bertz CT molecular complexity index is 618. The molecule has 112 valence electrons. The molecule has 0 unspecified atom stereocenters. The first-order valence-corrected chi connectivity index (χ1v) is 8.51. The molecule has 0 fully saturated rings. The van der Waals surface area contributed by atoms with Gasteiger partial charge in [-0.2, -0.15) is 0 Å². The summed E-state index contributed by atoms with van der Waals surface area (Å²) in [5, 5.41) is 5.45. The van der Waals surface area contributed by atoms with Crippen LogP contribution in [0.25, 0.3) is 0 Å². The molecular formula is C17H23N3S. The zero-order valence-corrected chi connectivity index (χ0v) is 13.8. The second-order valence-electron chi connectivity index (χ2n) is 5.98. The molecular weight excluding hydrogens is 278 g/mol. The Morgan fingerprint density at radius 2 is 2.24 bits per heavy atom. The number of nitrogens with one attached hydrogen (secondary N) is 1. The molecule has 3 nitrogen and oxygen atoms in total. The molecule has 0 aromatic carbocycles. The molecule has 0 saturated heterocycles. The summed E-state index contributed by atoms with van der Waals surface area (Å²) in [7, 11) is 1.99. The standard InChI is InChI=1S/C17H23N3S/c1-12(2)15-8-13(10-18-3)9-17(19-15)20-6-4-16-14(11-20)5-7-21-16/h5,7-9,12,18H,4,6,10-11H2,1-3H3. The lowest BCUT2D eigenvalue weighted by Crippen LogP contribution is -2.30. The molecule has 0 atom stereocenters. The topological polar surface area (TPSA) is 28.2 Å². The summed E-state index contributed by atoms with van der Waals surface area (Å²) in [6, 6.07) is 6.72. The Balaban J connectivity index is 1.91. The largest absolute Gasteiger partial charge is 0.352 e. The Morgan fingerprint density at radius 1 is 1.38 bits per heavy atom. The molecule has 0 bridgehead atoms. The number of nitrogens with zero attached hydrogens (tertiary/aromatic N) is 2. The zero-order valence-electron chi connectivity index (χ0n) is 13.0. The summed E-state index contributed by atoms with van der Waals surface area (Å²) in [6.45, 7) is 7.38. The molecule has 1 aliphatic rings. The minimum Gasteiger partial charge on any atom is -0.352 e. The van der Waals surface area contributed by atoms with E-state index in [0.29, 0.717) is 5.92 Å². The van der Waals surface area contributed by atoms with Crippen LogP contribution < -0.4 is 10.2 Å². The average molecular weight is 301 g/mol. The monoisotopic (exact) mass is 301 g/mol. The average Bonchev–Trinajstić information content (AvgIpc) is 2.94. The van der Waals surface area contributed by atoms with Gasteiger partial charge < -0.3 is 10.2 Å². The summed E-state index contributed by atoms with van der Waals surface area (Å²) in [5.41, 5.74) is 3.98. The predicted octanol–water partition coefficient (Wildman–Crippen LogP) is 3.55. The normalized spacial score (nSPS) is 14.6. The van der Waals surface area contributed by atoms with E-state index in [1.54, 1.807) is 4.88 Å². The van der Waals surface area contributed by atoms with Crippen molar-refractivity contribution < 1.29 is 0 Å². The zero-order chi connectivity index (χ0) is 14.8. The van der Waals surface area contributed by atoms with Gasteiger partial charge >= 0.3 is 0 Å². The van der Waals surface area contributed by atoms with E-state index >= 15 is 0 Å². The van der Waals surface area contributed by atoms with Crippen molar-refractivity contribution in [2.75, 3.05) is 18.5 Å². The number of hydrogen-bond donors (Lipinski definition) is 1. The Labute approximate surface area is 131 Å². The number of anilines is 1. The fourth-order valence-corrected chi connectivity index (χ4v) is 3.69. The molecule has 1 aliphatic heterocycles. The van der Waals surface area contributed by atoms with Crippen molar-refractivity contribution in [3.05, 3.63) is 45.3 Å². The molecule has 2 aromatic heterocycles. The van der Waals surface area contributed by atoms with E-state index in [1.165, 1.54) is 16.8 Å². The van der Waals surface area contributed by atoms with Crippen LogP contribution in [0.4, 0.5) is 5.82 Å². The van der Waals surface area contributed by atoms with E-state index in [0.717, 1.165) is 31.9 Å². The summed E-state index contributed by atoms with van der Waals surface area (Å²) >= 11 is 1.88. The first-order chi connectivity index (χ1) is 10.2. The minimum absolute atomic E-state index is 0.460. The van der Waals surface area contributed by atoms with Crippen molar-refractivity contribution >= 4 is 17.2 Å². The second kappa shape index (κ2) is 6.16. The maximum atomic E-state index is 4.90. The van der Waals surface area contributed by atoms with Crippen molar-refractivity contribution in [1.82, 2.24) is 10.3 Å². The van der Waals surface area contributed by atoms with Gasteiger partial charge in [-0.1, -0.05) is 13.8 Å². The molecule has 2 aromatic rings. The van der Waals surface area contributed by atoms with Gasteiger partial charge in [0.05, 0.1) is 0 Å². The van der Waals surface area contributed by atoms with E-state index in [2.05, 4.69) is 47.6 Å². The van der Waals surface area contributed by atoms with Crippen molar-refractivity contribution in [1.29, 1.82) is 0 Å². The highest BCUT2D eigenvalue weighted by molar-refractivity contribution is 7.10. The highest BCUT2D eigenvalue weighted by atomic mass is 32.1. The summed E-state index contributed by atoms with van der Waals surface area (Å²) in [6.07, 6.45) is 1.14. The van der Waals surface area contributed by atoms with Gasteiger partial charge in [-0.25, -0.2) is 4.98 Å². The van der Waals surface area contributed by atoms with Gasteiger partial charge in [0.1, 0.15) is 5.82 Å². The van der Waals surface area contributed by atoms with E-state index in [-0.39, 0.29) is 0 Å². The maximum absolute atomic E-state index is 4.90. The predicted molar refractivity (Wildman–Crippen MR) is 90.2 cm³/mol. The van der Waals surface area contributed by atoms with Crippen LogP contribution in [-0.2, 0) is 19.5 Å². The Kier molecular flexibility index (Phi) is 4.27. The quantitative estimate of drug-likeness (QED) is 0.936. The molecule has 0 amide bonds. The molecule has 0 spiro atoms. The maximum Gasteiger partial charge on any atom is 0.129 e. The number of hydrogen-bond acceptors (Lipinski definition) is 4. The van der Waals surface area contributed by atoms with Crippen LogP contribution in [-0.4, -0.2) is 18.6 Å². The fraction of sp³-hybridized carbons (Fsp3) is 0.471. The number of fused-ring (bicyclic) bond motifs is 1. The summed E-state index contributed by atoms with van der Waals surface area (Å²) < 4.78 is 0. The molecule has 3 heterocycles. The highest BCUT2D eigenvalue weighted by Crippen LogP contribution is 2.28. The Hall–Kier alpha value is -1.39. The van der Waals surface area contributed by atoms with Crippen LogP contribution in [0.5, 0.6) is 0 Å². The number of rotatable bonds is 4. The van der Waals surface area contributed by atoms with Crippen LogP contribution in [0.3, 0.4) is 0 Å². The van der Waals surface area contributed by atoms with E-state index in [1.807, 2.05) is 18.4 Å². The van der Waals surface area contributed by atoms with Crippen LogP contribution in [0.2, 0.25) is 0 Å². The lowest BCUT2D eigenvalue weighted by molar-refractivity contribution is 0.716.